The van der Waals surface area contributed by atoms with Crippen LogP contribution in [0.4, 0.5) is 0 Å². The Morgan fingerprint density at radius 2 is 1.50 bits per heavy atom. The Morgan fingerprint density at radius 1 is 1.50 bits per heavy atom. The van der Waals surface area contributed by atoms with Crippen molar-refractivity contribution in [2.75, 3.05) is 0 Å². The van der Waals surface area contributed by atoms with E-state index >= 15 is 0 Å². The fourth-order valence-electron chi connectivity index (χ4n) is 0. The van der Waals surface area contributed by atoms with Gasteiger partial charge in [0, 0.05) is 0 Å². The molecule has 0 saturated carbocycles. The topological polar surface area (TPSA) is 89.4 Å². The first kappa shape index (κ1) is 9.75. The van der Waals surface area contributed by atoms with E-state index in [0.717, 1.165) is 0 Å². The van der Waals surface area contributed by atoms with Crippen LogP contribution in [-0.2, 0) is 26.4 Å². The van der Waals surface area contributed by atoms with E-state index in [9.17, 15) is 8.42 Å². The molecule has 6 heteroatoms. The van der Waals surface area contributed by atoms with Crippen LogP contribution in [0, 0.1) is 0 Å². The molecule has 0 fully saturated rings. The van der Waals surface area contributed by atoms with E-state index in [2.05, 4.69) is 0 Å². The summed E-state index contributed by atoms with van der Waals surface area (Å²) in [5.74, 6) is 0. The van der Waals surface area contributed by atoms with Gasteiger partial charge in [-0.25, -0.2) is 0 Å². The number of hydrogen-bond donors (Lipinski definition) is 2. The minimum absolute atomic E-state index is 0. The summed E-state index contributed by atoms with van der Waals surface area (Å²) in [6.07, 6.45) is 0. The van der Waals surface area contributed by atoms with E-state index in [0.29, 0.717) is 18.5 Å². The average Bonchev–Trinajstić information content (AvgIpc) is 0.722. The monoisotopic (exact) mass is 196 g/mol. The Kier molecular flexibility index (Phi) is 4.36. The van der Waals surface area contributed by atoms with Crippen molar-refractivity contribution in [3.8, 4) is 0 Å². The molecular formula is H4MoNO3S. The maximum atomic E-state index is 9.19. The molecule has 0 spiro atoms. The molecule has 0 aliphatic rings. The molecule has 6 heavy (non-hydrogen) atoms. The van der Waals surface area contributed by atoms with Gasteiger partial charge in [-0.15, -0.1) is 0 Å². The fourth-order valence-corrected chi connectivity index (χ4v) is 0. The summed E-state index contributed by atoms with van der Waals surface area (Å²) in [6.45, 7) is 0. The third-order valence-electron chi connectivity index (χ3n) is 0. The summed E-state index contributed by atoms with van der Waals surface area (Å²) in [6, 6.07) is 0. The van der Waals surface area contributed by atoms with E-state index in [1.807, 2.05) is 0 Å². The molecule has 0 atom stereocenters. The molecule has 39 valence electrons. The second kappa shape index (κ2) is 2.69. The zero-order valence-corrected chi connectivity index (χ0v) is 5.61. The van der Waals surface area contributed by atoms with Gasteiger partial charge in [0.1, 0.15) is 0 Å². The zero-order chi connectivity index (χ0) is 4.50. The summed E-state index contributed by atoms with van der Waals surface area (Å²) in [7, 11) is -3.66. The van der Waals surface area contributed by atoms with E-state index in [4.69, 9.17) is 4.55 Å². The van der Waals surface area contributed by atoms with Crippen LogP contribution in [0.2, 0.25) is 0 Å². The standard InChI is InChI=1S/Mo.H3N.HO3S/c;;1-4(2)3/h;1H3;(H,1,2,3). The summed E-state index contributed by atoms with van der Waals surface area (Å²) < 4.78 is 25.9. The normalized spacial score (nSPS) is 9.50. The van der Waals surface area contributed by atoms with Crippen LogP contribution in [0.5, 0.6) is 0 Å². The molecule has 0 heterocycles. The van der Waals surface area contributed by atoms with Gasteiger partial charge in [-0.05, 0) is 0 Å². The SMILES string of the molecule is N.O=[S](=O)(O)[Mo]. The van der Waals surface area contributed by atoms with Crippen LogP contribution >= 0.6 is 0 Å². The van der Waals surface area contributed by atoms with Gasteiger partial charge in [0.05, 0.1) is 0 Å². The van der Waals surface area contributed by atoms with Crippen LogP contribution in [0.1, 0.15) is 0 Å². The molecule has 0 rings (SSSR count). The van der Waals surface area contributed by atoms with Crippen molar-refractivity contribution in [2.45, 2.75) is 0 Å². The van der Waals surface area contributed by atoms with Crippen molar-refractivity contribution in [1.82, 2.24) is 6.15 Å². The summed E-state index contributed by atoms with van der Waals surface area (Å²) in [4.78, 5) is 0. The predicted molar refractivity (Wildman–Crippen MR) is 16.6 cm³/mol. The average molecular weight is 194 g/mol. The zero-order valence-electron chi connectivity index (χ0n) is 2.79. The molecule has 0 aromatic heterocycles. The quantitative estimate of drug-likeness (QED) is 0.401. The van der Waals surface area contributed by atoms with Crippen LogP contribution in [0.25, 0.3) is 0 Å². The van der Waals surface area contributed by atoms with Gasteiger partial charge in [-0.1, -0.05) is 0 Å². The summed E-state index contributed by atoms with van der Waals surface area (Å²) in [5.41, 5.74) is 0. The first-order valence-corrected chi connectivity index (χ1v) is 4.51. The first-order valence-electron chi connectivity index (χ1n) is 0.683. The van der Waals surface area contributed by atoms with E-state index < -0.39 is 7.82 Å². The van der Waals surface area contributed by atoms with Crippen LogP contribution < -0.4 is 6.15 Å². The van der Waals surface area contributed by atoms with Crippen molar-refractivity contribution in [3.63, 3.8) is 0 Å². The Labute approximate surface area is 45.9 Å². The molecule has 0 amide bonds. The van der Waals surface area contributed by atoms with Gasteiger partial charge in [-0.3, -0.25) is 0 Å². The van der Waals surface area contributed by atoms with Crippen LogP contribution in [-0.4, -0.2) is 13.0 Å². The van der Waals surface area contributed by atoms with Gasteiger partial charge in [0.15, 0.2) is 0 Å². The predicted octanol–water partition coefficient (Wildman–Crippen LogP) is -0.502. The molecule has 0 aliphatic carbocycles. The van der Waals surface area contributed by atoms with Crippen molar-refractivity contribution in [2.24, 2.45) is 0 Å². The Morgan fingerprint density at radius 3 is 1.50 bits per heavy atom. The van der Waals surface area contributed by atoms with Crippen molar-refractivity contribution in [1.29, 1.82) is 0 Å². The van der Waals surface area contributed by atoms with Crippen LogP contribution in [0.3, 0.4) is 0 Å². The second-order valence-corrected chi connectivity index (χ2v) is 4.39. The number of rotatable bonds is 0. The molecule has 4 N–H and O–H groups in total. The Bertz CT molecular complexity index is 94.0. The number of hydrogen-bond acceptors (Lipinski definition) is 3. The van der Waals surface area contributed by atoms with Gasteiger partial charge in [-0.2, -0.15) is 0 Å². The molecule has 0 radical (unpaired) electrons. The third kappa shape index (κ3) is 185. The van der Waals surface area contributed by atoms with Gasteiger partial charge < -0.3 is 6.15 Å². The van der Waals surface area contributed by atoms with Gasteiger partial charge in [0.25, 0.3) is 0 Å². The molecule has 0 saturated heterocycles. The molecule has 0 bridgehead atoms. The molecule has 0 aliphatic heterocycles. The van der Waals surface area contributed by atoms with Crippen molar-refractivity contribution >= 4 is 7.82 Å². The van der Waals surface area contributed by atoms with E-state index in [-0.39, 0.29) is 6.15 Å². The molecular weight excluding hydrogens is 190 g/mol. The maximum absolute atomic E-state index is 9.19. The van der Waals surface area contributed by atoms with Crippen molar-refractivity contribution < 1.29 is 31.5 Å². The van der Waals surface area contributed by atoms with Crippen molar-refractivity contribution in [3.05, 3.63) is 0 Å². The summed E-state index contributed by atoms with van der Waals surface area (Å²) >= 11 is 0.652. The fraction of sp³-hybridized carbons (Fsp3) is 0. The van der Waals surface area contributed by atoms with E-state index in [1.165, 1.54) is 0 Å². The molecule has 0 aromatic carbocycles. The molecule has 4 nitrogen and oxygen atoms in total. The Hall–Kier alpha value is 0.558. The Balaban J connectivity index is 0. The van der Waals surface area contributed by atoms with E-state index in [1.54, 1.807) is 0 Å². The van der Waals surface area contributed by atoms with Crippen LogP contribution in [0.15, 0.2) is 0 Å². The summed E-state index contributed by atoms with van der Waals surface area (Å²) in [5, 5.41) is 0. The van der Waals surface area contributed by atoms with Gasteiger partial charge >= 0.3 is 39.3 Å². The second-order valence-electron chi connectivity index (χ2n) is 0.428. The molecule has 0 aromatic rings. The third-order valence-corrected chi connectivity index (χ3v) is 0. The first-order chi connectivity index (χ1) is 2.00. The minimum atomic E-state index is -3.66. The molecule has 0 unspecified atom stereocenters. The van der Waals surface area contributed by atoms with Gasteiger partial charge in [0.2, 0.25) is 0 Å².